The molecule has 0 saturated heterocycles. The van der Waals surface area contributed by atoms with Crippen LogP contribution in [0.15, 0.2) is 35.1 Å². The van der Waals surface area contributed by atoms with Crippen molar-refractivity contribution in [3.63, 3.8) is 0 Å². The van der Waals surface area contributed by atoms with Gasteiger partial charge in [-0.05, 0) is 50.7 Å². The molecular formula is C20H21N5O2S. The van der Waals surface area contributed by atoms with Gasteiger partial charge in [-0.2, -0.15) is 0 Å². The third-order valence-corrected chi connectivity index (χ3v) is 6.31. The lowest BCUT2D eigenvalue weighted by molar-refractivity contribution is -0.116. The van der Waals surface area contributed by atoms with Gasteiger partial charge >= 0.3 is 5.69 Å². The number of hydrogen-bond acceptors (Lipinski definition) is 5. The van der Waals surface area contributed by atoms with E-state index in [1.54, 1.807) is 9.13 Å². The molecule has 2 aromatic heterocycles. The summed E-state index contributed by atoms with van der Waals surface area (Å²) < 4.78 is 3.31. The highest BCUT2D eigenvalue weighted by Gasteiger charge is 2.28. The number of allylic oxidation sites excluding steroid dienone is 2. The van der Waals surface area contributed by atoms with Gasteiger partial charge in [0.2, 0.25) is 11.0 Å². The van der Waals surface area contributed by atoms with Crippen LogP contribution in [0.5, 0.6) is 0 Å². The van der Waals surface area contributed by atoms with Gasteiger partial charge in [-0.3, -0.25) is 19.2 Å². The van der Waals surface area contributed by atoms with Gasteiger partial charge in [0.1, 0.15) is 11.6 Å². The van der Waals surface area contributed by atoms with Gasteiger partial charge in [0.15, 0.2) is 0 Å². The van der Waals surface area contributed by atoms with E-state index in [9.17, 15) is 9.59 Å². The van der Waals surface area contributed by atoms with Crippen molar-refractivity contribution >= 4 is 39.1 Å². The fraction of sp³-hybridized carbons (Fsp3) is 0.400. The normalized spacial score (nSPS) is 16.9. The van der Waals surface area contributed by atoms with Crippen LogP contribution < -0.4 is 11.0 Å². The van der Waals surface area contributed by atoms with Gasteiger partial charge in [-0.25, -0.2) is 4.79 Å². The maximum atomic E-state index is 13.2. The van der Waals surface area contributed by atoms with E-state index in [0.29, 0.717) is 11.0 Å². The molecule has 1 N–H and O–H groups in total. The summed E-state index contributed by atoms with van der Waals surface area (Å²) >= 11 is 1.42. The first-order valence-electron chi connectivity index (χ1n) is 9.73. The molecule has 8 heteroatoms. The molecule has 0 spiro atoms. The Morgan fingerprint density at radius 3 is 2.75 bits per heavy atom. The van der Waals surface area contributed by atoms with Crippen LogP contribution in [0, 0.1) is 0 Å². The Morgan fingerprint density at radius 2 is 2.00 bits per heavy atom. The van der Waals surface area contributed by atoms with E-state index >= 15 is 0 Å². The second kappa shape index (κ2) is 7.01. The molecule has 2 heterocycles. The molecule has 1 aromatic carbocycles. The molecule has 1 fully saturated rings. The van der Waals surface area contributed by atoms with Crippen molar-refractivity contribution in [3.8, 4) is 0 Å². The first-order valence-corrected chi connectivity index (χ1v) is 10.6. The largest absolute Gasteiger partial charge is 0.333 e. The van der Waals surface area contributed by atoms with Crippen LogP contribution in [-0.4, -0.2) is 25.2 Å². The third kappa shape index (κ3) is 3.17. The summed E-state index contributed by atoms with van der Waals surface area (Å²) in [6.07, 6.45) is 8.54. The number of imidazole rings is 1. The number of carbonyl (C=O) groups excluding carboxylic acids is 1. The van der Waals surface area contributed by atoms with Crippen molar-refractivity contribution in [3.05, 3.63) is 45.8 Å². The lowest BCUT2D eigenvalue weighted by Crippen LogP contribution is -2.29. The van der Waals surface area contributed by atoms with E-state index in [2.05, 4.69) is 21.6 Å². The van der Waals surface area contributed by atoms with Crippen LogP contribution in [-0.2, 0) is 11.3 Å². The average molecular weight is 395 g/mol. The van der Waals surface area contributed by atoms with E-state index < -0.39 is 0 Å². The molecule has 2 aliphatic carbocycles. The van der Waals surface area contributed by atoms with Crippen molar-refractivity contribution in [2.45, 2.75) is 51.0 Å². The number of benzene rings is 1. The summed E-state index contributed by atoms with van der Waals surface area (Å²) in [5.74, 6) is 0.244. The van der Waals surface area contributed by atoms with Crippen molar-refractivity contribution in [1.29, 1.82) is 0 Å². The first kappa shape index (κ1) is 17.4. The number of rotatable bonds is 5. The zero-order valence-corrected chi connectivity index (χ0v) is 16.2. The molecule has 0 aliphatic heterocycles. The van der Waals surface area contributed by atoms with E-state index in [0.717, 1.165) is 60.3 Å². The maximum Gasteiger partial charge on any atom is 0.333 e. The number of fused-ring (bicyclic) bond motifs is 1. The predicted octanol–water partition coefficient (Wildman–Crippen LogP) is 3.59. The highest BCUT2D eigenvalue weighted by Crippen LogP contribution is 2.42. The molecule has 1 amide bonds. The lowest BCUT2D eigenvalue weighted by Gasteiger charge is -2.13. The summed E-state index contributed by atoms with van der Waals surface area (Å²) in [4.78, 5) is 25.8. The Labute approximate surface area is 165 Å². The molecule has 0 unspecified atom stereocenters. The van der Waals surface area contributed by atoms with Gasteiger partial charge in [-0.15, -0.1) is 10.2 Å². The molecule has 2 aliphatic rings. The Kier molecular flexibility index (Phi) is 4.35. The molecule has 0 bridgehead atoms. The van der Waals surface area contributed by atoms with Crippen LogP contribution >= 0.6 is 11.3 Å². The van der Waals surface area contributed by atoms with Gasteiger partial charge < -0.3 is 0 Å². The molecule has 28 heavy (non-hydrogen) atoms. The average Bonchev–Trinajstić information content (AvgIpc) is 3.40. The summed E-state index contributed by atoms with van der Waals surface area (Å²) in [5.41, 5.74) is 2.48. The minimum absolute atomic E-state index is 0.0437. The van der Waals surface area contributed by atoms with Crippen molar-refractivity contribution in [1.82, 2.24) is 19.3 Å². The second-order valence-electron chi connectivity index (χ2n) is 7.40. The van der Waals surface area contributed by atoms with E-state index in [4.69, 9.17) is 0 Å². The fourth-order valence-corrected chi connectivity index (χ4v) is 4.67. The Morgan fingerprint density at radius 1 is 1.18 bits per heavy atom. The van der Waals surface area contributed by atoms with Gasteiger partial charge in [0.05, 0.1) is 11.0 Å². The number of para-hydroxylation sites is 2. The van der Waals surface area contributed by atoms with Crippen LogP contribution in [0.2, 0.25) is 0 Å². The first-order chi connectivity index (χ1) is 13.7. The minimum Gasteiger partial charge on any atom is -0.299 e. The topological polar surface area (TPSA) is 81.8 Å². The van der Waals surface area contributed by atoms with Crippen molar-refractivity contribution in [2.24, 2.45) is 0 Å². The smallest absolute Gasteiger partial charge is 0.299 e. The van der Waals surface area contributed by atoms with Crippen LogP contribution in [0.3, 0.4) is 0 Å². The highest BCUT2D eigenvalue weighted by atomic mass is 32.1. The third-order valence-electron chi connectivity index (χ3n) is 5.31. The summed E-state index contributed by atoms with van der Waals surface area (Å²) in [6.45, 7) is -0.0437. The maximum absolute atomic E-state index is 13.2. The summed E-state index contributed by atoms with van der Waals surface area (Å²) in [7, 11) is 0. The van der Waals surface area contributed by atoms with Crippen LogP contribution in [0.1, 0.15) is 49.5 Å². The Balaban J connectivity index is 1.44. The quantitative estimate of drug-likeness (QED) is 0.716. The summed E-state index contributed by atoms with van der Waals surface area (Å²) in [5, 5.41) is 12.5. The predicted molar refractivity (Wildman–Crippen MR) is 109 cm³/mol. The number of nitrogens with one attached hydrogen (secondary N) is 1. The molecule has 1 saturated carbocycles. The van der Waals surface area contributed by atoms with Crippen LogP contribution in [0.25, 0.3) is 16.7 Å². The molecule has 144 valence electrons. The number of amides is 1. The Bertz CT molecular complexity index is 1140. The van der Waals surface area contributed by atoms with E-state index in [-0.39, 0.29) is 18.1 Å². The van der Waals surface area contributed by atoms with Crippen LogP contribution in [0.4, 0.5) is 5.13 Å². The molecule has 0 atom stereocenters. The SMILES string of the molecule is O=C(Cn1c(=O)n(C2=CCCCC2)c2ccccc21)Nc1nnc(C2CC2)s1. The molecule has 3 aromatic rings. The summed E-state index contributed by atoms with van der Waals surface area (Å²) in [6, 6.07) is 7.64. The molecule has 7 nitrogen and oxygen atoms in total. The fourth-order valence-electron chi connectivity index (χ4n) is 3.75. The standard InChI is InChI=1S/C20H21N5O2S/c26-17(21-19-23-22-18(28-19)13-10-11-13)12-24-15-8-4-5-9-16(15)25(20(24)27)14-6-2-1-3-7-14/h4-6,8-9,13H,1-3,7,10-12H2,(H,21,23,26). The van der Waals surface area contributed by atoms with Gasteiger partial charge in [-0.1, -0.05) is 29.5 Å². The highest BCUT2D eigenvalue weighted by molar-refractivity contribution is 7.15. The molecular weight excluding hydrogens is 374 g/mol. The Hall–Kier alpha value is -2.74. The monoisotopic (exact) mass is 395 g/mol. The number of carbonyl (C=O) groups is 1. The number of anilines is 1. The second-order valence-corrected chi connectivity index (χ2v) is 8.41. The van der Waals surface area contributed by atoms with Gasteiger partial charge in [0, 0.05) is 11.6 Å². The zero-order valence-electron chi connectivity index (χ0n) is 15.4. The molecule has 0 radical (unpaired) electrons. The molecule has 5 rings (SSSR count). The van der Waals surface area contributed by atoms with Gasteiger partial charge in [0.25, 0.3) is 0 Å². The van der Waals surface area contributed by atoms with Crippen molar-refractivity contribution in [2.75, 3.05) is 5.32 Å². The lowest BCUT2D eigenvalue weighted by atomic mass is 10.0. The van der Waals surface area contributed by atoms with E-state index in [1.165, 1.54) is 11.3 Å². The minimum atomic E-state index is -0.263. The van der Waals surface area contributed by atoms with Crippen molar-refractivity contribution < 1.29 is 4.79 Å². The number of hydrogen-bond donors (Lipinski definition) is 1. The number of nitrogens with zero attached hydrogens (tertiary/aromatic N) is 4. The zero-order chi connectivity index (χ0) is 19.1. The number of aromatic nitrogens is 4. The van der Waals surface area contributed by atoms with E-state index in [1.807, 2.05) is 24.3 Å².